The monoisotopic (exact) mass is 404 g/mol. The number of likely N-dealkylation sites (tertiary alicyclic amines) is 1. The van der Waals surface area contributed by atoms with Crippen LogP contribution in [0.1, 0.15) is 67.8 Å². The maximum Gasteiger partial charge on any atom is 0.256 e. The third-order valence-corrected chi connectivity index (χ3v) is 6.10. The van der Waals surface area contributed by atoms with Gasteiger partial charge in [0.05, 0.1) is 29.2 Å². The van der Waals surface area contributed by atoms with Gasteiger partial charge < -0.3 is 14.2 Å². The molecule has 1 saturated heterocycles. The van der Waals surface area contributed by atoms with Crippen molar-refractivity contribution in [3.05, 3.63) is 54.0 Å². The standard InChI is InChI=1S/C24H28N4O2/c1-16(2)28-20-7-4-3-6-19(20)26-23(28)21-8-5-13-27(21)24(29)18-11-12-22(25-14-18)30-15-17-9-10-17/h3-4,6-7,11-12,14,16-17,21H,5,8-10,13,15H2,1-2H3/t21-/m1/s1. The molecule has 6 nitrogen and oxygen atoms in total. The lowest BCUT2D eigenvalue weighted by Crippen LogP contribution is -2.32. The summed E-state index contributed by atoms with van der Waals surface area (Å²) in [5.41, 5.74) is 2.72. The van der Waals surface area contributed by atoms with Crippen LogP contribution in [0.15, 0.2) is 42.6 Å². The summed E-state index contributed by atoms with van der Waals surface area (Å²) in [7, 11) is 0. The maximum atomic E-state index is 13.3. The first-order valence-electron chi connectivity index (χ1n) is 11.0. The molecule has 0 unspecified atom stereocenters. The van der Waals surface area contributed by atoms with Crippen LogP contribution in [-0.4, -0.2) is 38.5 Å². The summed E-state index contributed by atoms with van der Waals surface area (Å²) in [6.07, 6.45) is 6.04. The predicted octanol–water partition coefficient (Wildman–Crippen LogP) is 4.78. The zero-order chi connectivity index (χ0) is 20.7. The topological polar surface area (TPSA) is 60.2 Å². The molecule has 30 heavy (non-hydrogen) atoms. The van der Waals surface area contributed by atoms with E-state index in [1.54, 1.807) is 6.20 Å². The zero-order valence-corrected chi connectivity index (χ0v) is 17.6. The number of hydrogen-bond donors (Lipinski definition) is 0. The molecular weight excluding hydrogens is 376 g/mol. The van der Waals surface area contributed by atoms with Crippen LogP contribution in [0, 0.1) is 5.92 Å². The molecule has 1 aromatic carbocycles. The quantitative estimate of drug-likeness (QED) is 0.593. The number of imidazole rings is 1. The van der Waals surface area contributed by atoms with Crippen molar-refractivity contribution in [2.45, 2.75) is 51.6 Å². The van der Waals surface area contributed by atoms with E-state index in [9.17, 15) is 4.79 Å². The van der Waals surface area contributed by atoms with Gasteiger partial charge in [-0.3, -0.25) is 4.79 Å². The molecule has 0 radical (unpaired) electrons. The van der Waals surface area contributed by atoms with E-state index >= 15 is 0 Å². The van der Waals surface area contributed by atoms with Crippen LogP contribution in [0.5, 0.6) is 5.88 Å². The highest BCUT2D eigenvalue weighted by Gasteiger charge is 2.34. The van der Waals surface area contributed by atoms with E-state index in [-0.39, 0.29) is 18.0 Å². The summed E-state index contributed by atoms with van der Waals surface area (Å²) in [5.74, 6) is 2.27. The molecule has 0 spiro atoms. The van der Waals surface area contributed by atoms with Gasteiger partial charge in [-0.1, -0.05) is 12.1 Å². The van der Waals surface area contributed by atoms with Gasteiger partial charge in [-0.15, -0.1) is 0 Å². The Kier molecular flexibility index (Phi) is 4.93. The second-order valence-electron chi connectivity index (χ2n) is 8.72. The number of hydrogen-bond acceptors (Lipinski definition) is 4. The number of carbonyl (C=O) groups is 1. The highest BCUT2D eigenvalue weighted by Crippen LogP contribution is 2.36. The number of pyridine rings is 1. The van der Waals surface area contributed by atoms with Crippen LogP contribution in [-0.2, 0) is 0 Å². The lowest BCUT2D eigenvalue weighted by molar-refractivity contribution is 0.0726. The van der Waals surface area contributed by atoms with E-state index < -0.39 is 0 Å². The fraction of sp³-hybridized carbons (Fsp3) is 0.458. The predicted molar refractivity (Wildman–Crippen MR) is 116 cm³/mol. The fourth-order valence-electron chi connectivity index (χ4n) is 4.36. The number of fused-ring (bicyclic) bond motifs is 1. The van der Waals surface area contributed by atoms with Crippen molar-refractivity contribution in [2.75, 3.05) is 13.2 Å². The number of amides is 1. The SMILES string of the molecule is CC(C)n1c([C@H]2CCCN2C(=O)c2ccc(OCC3CC3)nc2)nc2ccccc21. The molecule has 3 aromatic rings. The Labute approximate surface area is 176 Å². The van der Waals surface area contributed by atoms with Gasteiger partial charge >= 0.3 is 0 Å². The van der Waals surface area contributed by atoms with Crippen LogP contribution in [0.4, 0.5) is 0 Å². The van der Waals surface area contributed by atoms with E-state index in [2.05, 4.69) is 29.5 Å². The molecule has 2 aliphatic rings. The molecule has 156 valence electrons. The second kappa shape index (κ2) is 7.74. The van der Waals surface area contributed by atoms with Crippen molar-refractivity contribution < 1.29 is 9.53 Å². The molecule has 6 heteroatoms. The van der Waals surface area contributed by atoms with Crippen LogP contribution in [0.3, 0.4) is 0 Å². The number of ether oxygens (including phenoxy) is 1. The van der Waals surface area contributed by atoms with Crippen molar-refractivity contribution in [1.82, 2.24) is 19.4 Å². The Morgan fingerprint density at radius 2 is 2.00 bits per heavy atom. The first-order chi connectivity index (χ1) is 14.6. The Balaban J connectivity index is 1.40. The molecular formula is C24H28N4O2. The lowest BCUT2D eigenvalue weighted by atomic mass is 10.1. The molecule has 1 aliphatic heterocycles. The van der Waals surface area contributed by atoms with Gasteiger partial charge in [0.1, 0.15) is 5.82 Å². The summed E-state index contributed by atoms with van der Waals surface area (Å²) >= 11 is 0. The number of nitrogens with zero attached hydrogens (tertiary/aromatic N) is 4. The van der Waals surface area contributed by atoms with Crippen LogP contribution in [0.25, 0.3) is 11.0 Å². The minimum absolute atomic E-state index is 0.0149. The minimum Gasteiger partial charge on any atom is -0.477 e. The van der Waals surface area contributed by atoms with Crippen molar-refractivity contribution in [3.8, 4) is 5.88 Å². The molecule has 3 heterocycles. The number of aromatic nitrogens is 3. The van der Waals surface area contributed by atoms with Gasteiger partial charge in [0.15, 0.2) is 0 Å². The smallest absolute Gasteiger partial charge is 0.256 e. The third-order valence-electron chi connectivity index (χ3n) is 6.10. The number of para-hydroxylation sites is 2. The second-order valence-corrected chi connectivity index (χ2v) is 8.72. The van der Waals surface area contributed by atoms with Gasteiger partial charge in [0.25, 0.3) is 5.91 Å². The van der Waals surface area contributed by atoms with Gasteiger partial charge in [-0.05, 0) is 63.6 Å². The molecule has 1 aliphatic carbocycles. The van der Waals surface area contributed by atoms with E-state index in [0.29, 0.717) is 17.4 Å². The Bertz CT molecular complexity index is 1050. The summed E-state index contributed by atoms with van der Waals surface area (Å²) < 4.78 is 7.98. The van der Waals surface area contributed by atoms with Gasteiger partial charge in [-0.25, -0.2) is 9.97 Å². The number of rotatable bonds is 6. The average Bonchev–Trinajstić information content (AvgIpc) is 3.31. The Hall–Kier alpha value is -2.89. The highest BCUT2D eigenvalue weighted by atomic mass is 16.5. The molecule has 2 aromatic heterocycles. The van der Waals surface area contributed by atoms with Crippen molar-refractivity contribution in [2.24, 2.45) is 5.92 Å². The molecule has 0 N–H and O–H groups in total. The van der Waals surface area contributed by atoms with E-state index in [1.807, 2.05) is 35.2 Å². The molecule has 2 fully saturated rings. The molecule has 1 amide bonds. The van der Waals surface area contributed by atoms with E-state index in [0.717, 1.165) is 42.9 Å². The van der Waals surface area contributed by atoms with E-state index in [1.165, 1.54) is 12.8 Å². The number of carbonyl (C=O) groups excluding carboxylic acids is 1. The van der Waals surface area contributed by atoms with Crippen LogP contribution in [0.2, 0.25) is 0 Å². The zero-order valence-electron chi connectivity index (χ0n) is 17.6. The maximum absolute atomic E-state index is 13.3. The molecule has 1 atom stereocenters. The van der Waals surface area contributed by atoms with Gasteiger partial charge in [-0.2, -0.15) is 0 Å². The molecule has 0 bridgehead atoms. The molecule has 1 saturated carbocycles. The third kappa shape index (κ3) is 3.55. The average molecular weight is 405 g/mol. The Morgan fingerprint density at radius 3 is 2.73 bits per heavy atom. The van der Waals surface area contributed by atoms with Crippen molar-refractivity contribution in [1.29, 1.82) is 0 Å². The largest absolute Gasteiger partial charge is 0.477 e. The lowest BCUT2D eigenvalue weighted by Gasteiger charge is -2.26. The highest BCUT2D eigenvalue weighted by molar-refractivity contribution is 5.94. The Morgan fingerprint density at radius 1 is 1.17 bits per heavy atom. The van der Waals surface area contributed by atoms with Crippen LogP contribution >= 0.6 is 0 Å². The fourth-order valence-corrected chi connectivity index (χ4v) is 4.36. The minimum atomic E-state index is -0.0157. The van der Waals surface area contributed by atoms with Crippen molar-refractivity contribution in [3.63, 3.8) is 0 Å². The van der Waals surface area contributed by atoms with Crippen molar-refractivity contribution >= 4 is 16.9 Å². The summed E-state index contributed by atoms with van der Waals surface area (Å²) in [6, 6.07) is 12.1. The first-order valence-corrected chi connectivity index (χ1v) is 11.0. The van der Waals surface area contributed by atoms with E-state index in [4.69, 9.17) is 9.72 Å². The summed E-state index contributed by atoms with van der Waals surface area (Å²) in [5, 5.41) is 0. The van der Waals surface area contributed by atoms with Gasteiger partial charge in [0.2, 0.25) is 5.88 Å². The van der Waals surface area contributed by atoms with Gasteiger partial charge in [0, 0.05) is 24.8 Å². The van der Waals surface area contributed by atoms with Crippen LogP contribution < -0.4 is 4.74 Å². The molecule has 5 rings (SSSR count). The summed E-state index contributed by atoms with van der Waals surface area (Å²) in [4.78, 5) is 24.6. The number of benzene rings is 1. The first kappa shape index (κ1) is 19.1. The summed E-state index contributed by atoms with van der Waals surface area (Å²) in [6.45, 7) is 5.80. The normalized spacial score (nSPS) is 19.0.